The molecule has 2 aromatic rings. The van der Waals surface area contributed by atoms with Crippen LogP contribution >= 0.6 is 0 Å². The number of carbonyl (C=O) groups excluding carboxylic acids is 1. The highest BCUT2D eigenvalue weighted by atomic mass is 16.3. The lowest BCUT2D eigenvalue weighted by molar-refractivity contribution is 0.102. The zero-order chi connectivity index (χ0) is 12.3. The van der Waals surface area contributed by atoms with Crippen molar-refractivity contribution in [1.29, 1.82) is 0 Å². The van der Waals surface area contributed by atoms with Crippen molar-refractivity contribution < 1.29 is 9.90 Å². The number of aromatic hydroxyl groups is 1. The van der Waals surface area contributed by atoms with Crippen LogP contribution in [0.4, 0.5) is 5.69 Å². The lowest BCUT2D eigenvalue weighted by atomic mass is 10.1. The zero-order valence-electron chi connectivity index (χ0n) is 9.21. The number of aromatic nitrogens is 2. The van der Waals surface area contributed by atoms with Gasteiger partial charge in [-0.05, 0) is 19.1 Å². The van der Waals surface area contributed by atoms with Gasteiger partial charge in [-0.25, -0.2) is 9.97 Å². The van der Waals surface area contributed by atoms with Crippen LogP contribution in [0.5, 0.6) is 5.75 Å². The minimum absolute atomic E-state index is 0.0510. The third-order valence-corrected chi connectivity index (χ3v) is 2.22. The molecular weight excluding hydrogens is 218 g/mol. The lowest BCUT2D eigenvalue weighted by Crippen LogP contribution is -2.12. The van der Waals surface area contributed by atoms with Gasteiger partial charge in [0.25, 0.3) is 5.91 Å². The summed E-state index contributed by atoms with van der Waals surface area (Å²) in [5.74, 6) is -0.439. The van der Waals surface area contributed by atoms with Crippen molar-refractivity contribution in [3.05, 3.63) is 48.0 Å². The fourth-order valence-corrected chi connectivity index (χ4v) is 1.39. The second-order valence-corrected chi connectivity index (χ2v) is 3.60. The quantitative estimate of drug-likeness (QED) is 0.822. The summed E-state index contributed by atoms with van der Waals surface area (Å²) >= 11 is 0. The summed E-state index contributed by atoms with van der Waals surface area (Å²) in [5.41, 5.74) is 1.62. The Morgan fingerprint density at radius 2 is 2.00 bits per heavy atom. The highest BCUT2D eigenvalue weighted by molar-refractivity contribution is 6.06. The van der Waals surface area contributed by atoms with Gasteiger partial charge >= 0.3 is 0 Å². The molecule has 17 heavy (non-hydrogen) atoms. The fraction of sp³-hybridized carbons (Fsp3) is 0.0833. The molecule has 0 aliphatic heterocycles. The molecule has 0 saturated heterocycles. The Morgan fingerprint density at radius 3 is 2.71 bits per heavy atom. The van der Waals surface area contributed by atoms with Crippen LogP contribution in [0.15, 0.2) is 36.9 Å². The summed E-state index contributed by atoms with van der Waals surface area (Å²) in [5, 5.41) is 12.2. The Labute approximate surface area is 98.2 Å². The monoisotopic (exact) mass is 229 g/mol. The smallest absolute Gasteiger partial charge is 0.259 e. The molecule has 2 N–H and O–H groups in total. The largest absolute Gasteiger partial charge is 0.507 e. The van der Waals surface area contributed by atoms with Crippen molar-refractivity contribution in [2.45, 2.75) is 6.92 Å². The molecule has 0 aliphatic carbocycles. The van der Waals surface area contributed by atoms with Gasteiger partial charge in [0.2, 0.25) is 0 Å². The van der Waals surface area contributed by atoms with E-state index >= 15 is 0 Å². The average Bonchev–Trinajstić information content (AvgIpc) is 2.33. The molecule has 1 amide bonds. The van der Waals surface area contributed by atoms with Crippen molar-refractivity contribution in [3.8, 4) is 5.75 Å². The third kappa shape index (κ3) is 2.57. The van der Waals surface area contributed by atoms with E-state index in [2.05, 4.69) is 15.3 Å². The van der Waals surface area contributed by atoms with E-state index in [-0.39, 0.29) is 17.2 Å². The number of aryl methyl sites for hydroxylation is 1. The topological polar surface area (TPSA) is 75.1 Å². The summed E-state index contributed by atoms with van der Waals surface area (Å²) in [6, 6.07) is 4.85. The van der Waals surface area contributed by atoms with Gasteiger partial charge in [-0.2, -0.15) is 0 Å². The number of benzene rings is 1. The average molecular weight is 229 g/mol. The minimum Gasteiger partial charge on any atom is -0.507 e. The van der Waals surface area contributed by atoms with Gasteiger partial charge < -0.3 is 10.4 Å². The molecule has 86 valence electrons. The number of hydrogen-bond acceptors (Lipinski definition) is 4. The van der Waals surface area contributed by atoms with Crippen molar-refractivity contribution >= 4 is 11.6 Å². The van der Waals surface area contributed by atoms with Gasteiger partial charge in [-0.1, -0.05) is 11.6 Å². The molecule has 0 atom stereocenters. The molecule has 1 aromatic heterocycles. The zero-order valence-corrected chi connectivity index (χ0v) is 9.21. The predicted octanol–water partition coefficient (Wildman–Crippen LogP) is 1.74. The first-order valence-corrected chi connectivity index (χ1v) is 5.03. The van der Waals surface area contributed by atoms with Crippen molar-refractivity contribution in [3.63, 3.8) is 0 Å². The number of rotatable bonds is 2. The number of hydrogen-bond donors (Lipinski definition) is 2. The van der Waals surface area contributed by atoms with Gasteiger partial charge in [0.15, 0.2) is 0 Å². The second-order valence-electron chi connectivity index (χ2n) is 3.60. The number of carbonyl (C=O) groups is 1. The maximum Gasteiger partial charge on any atom is 0.259 e. The maximum atomic E-state index is 11.9. The fourth-order valence-electron chi connectivity index (χ4n) is 1.39. The molecule has 0 radical (unpaired) electrons. The van der Waals surface area contributed by atoms with Gasteiger partial charge in [-0.3, -0.25) is 4.79 Å². The number of nitrogens with one attached hydrogen (secondary N) is 1. The molecule has 0 fully saturated rings. The Kier molecular flexibility index (Phi) is 3.00. The lowest BCUT2D eigenvalue weighted by Gasteiger charge is -2.06. The van der Waals surface area contributed by atoms with Crippen molar-refractivity contribution in [1.82, 2.24) is 9.97 Å². The van der Waals surface area contributed by atoms with Crippen LogP contribution < -0.4 is 5.32 Å². The van der Waals surface area contributed by atoms with E-state index < -0.39 is 0 Å². The SMILES string of the molecule is Cc1ccc(O)c(C(=O)Nc2cncnc2)c1. The first-order valence-electron chi connectivity index (χ1n) is 5.03. The van der Waals surface area contributed by atoms with Crippen LogP contribution in [-0.2, 0) is 0 Å². The van der Waals surface area contributed by atoms with Crippen LogP contribution in [0.1, 0.15) is 15.9 Å². The third-order valence-electron chi connectivity index (χ3n) is 2.22. The Bertz CT molecular complexity index is 541. The molecule has 1 heterocycles. The molecular formula is C12H11N3O2. The molecule has 5 nitrogen and oxygen atoms in total. The molecule has 0 saturated carbocycles. The minimum atomic E-state index is -0.388. The van der Waals surface area contributed by atoms with Gasteiger partial charge in [0.1, 0.15) is 12.1 Å². The first-order chi connectivity index (χ1) is 8.16. The van der Waals surface area contributed by atoms with E-state index in [1.807, 2.05) is 6.92 Å². The summed E-state index contributed by atoms with van der Waals surface area (Å²) < 4.78 is 0. The van der Waals surface area contributed by atoms with E-state index in [1.54, 1.807) is 12.1 Å². The van der Waals surface area contributed by atoms with Crippen LogP contribution in [0, 0.1) is 6.92 Å². The van der Waals surface area contributed by atoms with Crippen LogP contribution in [0.2, 0.25) is 0 Å². The molecule has 2 rings (SSSR count). The van der Waals surface area contributed by atoms with E-state index in [0.717, 1.165) is 5.56 Å². The molecule has 0 spiro atoms. The van der Waals surface area contributed by atoms with Gasteiger partial charge in [0, 0.05) is 0 Å². The second kappa shape index (κ2) is 4.61. The highest BCUT2D eigenvalue weighted by Crippen LogP contribution is 2.19. The van der Waals surface area contributed by atoms with E-state index in [4.69, 9.17) is 0 Å². The molecule has 5 heteroatoms. The number of amides is 1. The maximum absolute atomic E-state index is 11.9. The summed E-state index contributed by atoms with van der Waals surface area (Å²) in [4.78, 5) is 19.4. The Balaban J connectivity index is 2.23. The summed E-state index contributed by atoms with van der Waals surface area (Å²) in [7, 11) is 0. The van der Waals surface area contributed by atoms with Gasteiger partial charge in [0.05, 0.1) is 23.6 Å². The molecule has 0 unspecified atom stereocenters. The van der Waals surface area contributed by atoms with Crippen LogP contribution in [0.25, 0.3) is 0 Å². The number of phenols is 1. The van der Waals surface area contributed by atoms with E-state index in [9.17, 15) is 9.90 Å². The molecule has 0 aliphatic rings. The predicted molar refractivity (Wildman–Crippen MR) is 62.8 cm³/mol. The normalized spacial score (nSPS) is 9.94. The van der Waals surface area contributed by atoms with Gasteiger partial charge in [-0.15, -0.1) is 0 Å². The number of anilines is 1. The van der Waals surface area contributed by atoms with Crippen molar-refractivity contribution in [2.24, 2.45) is 0 Å². The number of nitrogens with zero attached hydrogens (tertiary/aromatic N) is 2. The summed E-state index contributed by atoms with van der Waals surface area (Å²) in [6.07, 6.45) is 4.34. The Morgan fingerprint density at radius 1 is 1.29 bits per heavy atom. The highest BCUT2D eigenvalue weighted by Gasteiger charge is 2.11. The molecule has 0 bridgehead atoms. The van der Waals surface area contributed by atoms with Crippen LogP contribution in [-0.4, -0.2) is 21.0 Å². The van der Waals surface area contributed by atoms with E-state index in [1.165, 1.54) is 24.8 Å². The van der Waals surface area contributed by atoms with Crippen LogP contribution in [0.3, 0.4) is 0 Å². The standard InChI is InChI=1S/C12H11N3O2/c1-8-2-3-11(16)10(4-8)12(17)15-9-5-13-7-14-6-9/h2-7,16H,1H3,(H,15,17). The first kappa shape index (κ1) is 11.1. The number of phenolic OH excluding ortho intramolecular Hbond substituents is 1. The molecule has 1 aromatic carbocycles. The van der Waals surface area contributed by atoms with Crippen molar-refractivity contribution in [2.75, 3.05) is 5.32 Å². The van der Waals surface area contributed by atoms with E-state index in [0.29, 0.717) is 5.69 Å². The summed E-state index contributed by atoms with van der Waals surface area (Å²) in [6.45, 7) is 1.85. The Hall–Kier alpha value is -2.43.